The Balaban J connectivity index is 2.08. The number of carbonyl (C=O) groups excluding carboxylic acids is 2. The summed E-state index contributed by atoms with van der Waals surface area (Å²) in [5, 5.41) is 3.68. The van der Waals surface area contributed by atoms with Gasteiger partial charge in [0.15, 0.2) is 0 Å². The summed E-state index contributed by atoms with van der Waals surface area (Å²) in [5.74, 6) is -0.872. The number of hydrogen-bond donors (Lipinski definition) is 1. The third kappa shape index (κ3) is 8.46. The number of sulfonamides is 1. The van der Waals surface area contributed by atoms with Gasteiger partial charge >= 0.3 is 0 Å². The first-order valence-electron chi connectivity index (χ1n) is 12.6. The lowest BCUT2D eigenvalue weighted by molar-refractivity contribution is -0.140. The fourth-order valence-electron chi connectivity index (χ4n) is 4.19. The Morgan fingerprint density at radius 3 is 2.26 bits per heavy atom. The molecule has 3 aromatic rings. The molecule has 2 amide bonds. The highest BCUT2D eigenvalue weighted by molar-refractivity contribution is 7.92. The van der Waals surface area contributed by atoms with E-state index < -0.39 is 28.5 Å². The van der Waals surface area contributed by atoms with Crippen molar-refractivity contribution in [2.24, 2.45) is 0 Å². The van der Waals surface area contributed by atoms with Gasteiger partial charge in [-0.2, -0.15) is 0 Å². The van der Waals surface area contributed by atoms with Crippen molar-refractivity contribution in [3.63, 3.8) is 0 Å². The molecule has 0 saturated carbocycles. The minimum absolute atomic E-state index is 0.0166. The Hall–Kier alpha value is -3.07. The number of aryl methyl sites for hydroxylation is 1. The molecule has 1 atom stereocenters. The highest BCUT2D eigenvalue weighted by Crippen LogP contribution is 2.26. The van der Waals surface area contributed by atoms with Gasteiger partial charge in [-0.1, -0.05) is 84.7 Å². The average molecular weight is 591 g/mol. The van der Waals surface area contributed by atoms with Gasteiger partial charge in [-0.3, -0.25) is 13.9 Å². The average Bonchev–Trinajstić information content (AvgIpc) is 2.89. The molecule has 0 heterocycles. The van der Waals surface area contributed by atoms with Gasteiger partial charge < -0.3 is 10.2 Å². The number of halogens is 2. The number of rotatable bonds is 12. The zero-order valence-corrected chi connectivity index (χ0v) is 24.6. The molecular formula is C29H33Cl2N3O4S. The molecule has 0 aliphatic carbocycles. The molecule has 0 radical (unpaired) electrons. The zero-order valence-electron chi connectivity index (χ0n) is 22.2. The number of carbonyl (C=O) groups is 2. The normalized spacial score (nSPS) is 12.0. The minimum atomic E-state index is -3.83. The van der Waals surface area contributed by atoms with Crippen LogP contribution in [0.15, 0.2) is 72.8 Å². The van der Waals surface area contributed by atoms with Gasteiger partial charge in [0.25, 0.3) is 0 Å². The number of nitrogens with one attached hydrogen (secondary N) is 1. The van der Waals surface area contributed by atoms with Gasteiger partial charge in [0, 0.05) is 29.6 Å². The maximum atomic E-state index is 14.0. The van der Waals surface area contributed by atoms with Crippen LogP contribution in [-0.4, -0.2) is 50.5 Å². The van der Waals surface area contributed by atoms with E-state index >= 15 is 0 Å². The Morgan fingerprint density at radius 2 is 1.64 bits per heavy atom. The highest BCUT2D eigenvalue weighted by atomic mass is 35.5. The van der Waals surface area contributed by atoms with Crippen molar-refractivity contribution in [3.8, 4) is 0 Å². The maximum absolute atomic E-state index is 14.0. The van der Waals surface area contributed by atoms with Crippen LogP contribution in [0.5, 0.6) is 0 Å². The quantitative estimate of drug-likeness (QED) is 0.313. The predicted octanol–water partition coefficient (Wildman–Crippen LogP) is 5.23. The topological polar surface area (TPSA) is 86.8 Å². The summed E-state index contributed by atoms with van der Waals surface area (Å²) in [6.45, 7) is 3.65. The first kappa shape index (κ1) is 30.5. The first-order valence-corrected chi connectivity index (χ1v) is 15.2. The Bertz CT molecular complexity index is 1400. The van der Waals surface area contributed by atoms with E-state index in [0.717, 1.165) is 22.5 Å². The molecular weight excluding hydrogens is 557 g/mol. The van der Waals surface area contributed by atoms with E-state index in [0.29, 0.717) is 33.4 Å². The van der Waals surface area contributed by atoms with Crippen molar-refractivity contribution in [1.82, 2.24) is 10.2 Å². The Morgan fingerprint density at radius 1 is 0.974 bits per heavy atom. The van der Waals surface area contributed by atoms with Crippen LogP contribution in [0.25, 0.3) is 0 Å². The SMILES string of the molecule is CCCNC(=O)C(Cc1ccccc1)N(Cc1ccc(Cl)cc1Cl)C(=O)CN(c1ccccc1C)S(C)(=O)=O. The summed E-state index contributed by atoms with van der Waals surface area (Å²) in [7, 11) is -3.83. The van der Waals surface area contributed by atoms with Crippen LogP contribution in [0.4, 0.5) is 5.69 Å². The van der Waals surface area contributed by atoms with Crippen LogP contribution in [-0.2, 0) is 32.6 Å². The third-order valence-electron chi connectivity index (χ3n) is 6.24. The summed E-state index contributed by atoms with van der Waals surface area (Å²) in [6, 6.07) is 20.3. The van der Waals surface area contributed by atoms with Crippen molar-refractivity contribution in [2.75, 3.05) is 23.7 Å². The van der Waals surface area contributed by atoms with E-state index in [-0.39, 0.29) is 18.9 Å². The fraction of sp³-hybridized carbons (Fsp3) is 0.310. The second-order valence-electron chi connectivity index (χ2n) is 9.31. The lowest BCUT2D eigenvalue weighted by atomic mass is 10.0. The molecule has 1 unspecified atom stereocenters. The molecule has 0 bridgehead atoms. The monoisotopic (exact) mass is 589 g/mol. The van der Waals surface area contributed by atoms with Crippen LogP contribution in [0.3, 0.4) is 0 Å². The number of hydrogen-bond acceptors (Lipinski definition) is 4. The highest BCUT2D eigenvalue weighted by Gasteiger charge is 2.33. The molecule has 0 aliphatic rings. The smallest absolute Gasteiger partial charge is 0.244 e. The van der Waals surface area contributed by atoms with E-state index in [1.807, 2.05) is 37.3 Å². The molecule has 3 rings (SSSR count). The maximum Gasteiger partial charge on any atom is 0.244 e. The summed E-state index contributed by atoms with van der Waals surface area (Å²) in [5.41, 5.74) is 2.53. The van der Waals surface area contributed by atoms with E-state index in [9.17, 15) is 18.0 Å². The fourth-order valence-corrected chi connectivity index (χ4v) is 5.57. The molecule has 208 valence electrons. The van der Waals surface area contributed by atoms with Crippen molar-refractivity contribution in [2.45, 2.75) is 39.3 Å². The molecule has 0 aliphatic heterocycles. The molecule has 39 heavy (non-hydrogen) atoms. The molecule has 7 nitrogen and oxygen atoms in total. The largest absolute Gasteiger partial charge is 0.354 e. The van der Waals surface area contributed by atoms with Gasteiger partial charge in [0.1, 0.15) is 12.6 Å². The molecule has 3 aromatic carbocycles. The number of amides is 2. The molecule has 1 N–H and O–H groups in total. The standard InChI is InChI=1S/C29H33Cl2N3O4S/c1-4-16-32-29(36)27(17-22-11-6-5-7-12-22)33(19-23-14-15-24(30)18-25(23)31)28(35)20-34(39(3,37)38)26-13-9-8-10-21(26)2/h5-15,18,27H,4,16-17,19-20H2,1-3H3,(H,32,36). The molecule has 0 aromatic heterocycles. The van der Waals surface area contributed by atoms with Crippen LogP contribution in [0.1, 0.15) is 30.0 Å². The molecule has 0 spiro atoms. The van der Waals surface area contributed by atoms with Crippen molar-refractivity contribution >= 4 is 50.7 Å². The summed E-state index contributed by atoms with van der Waals surface area (Å²) < 4.78 is 26.8. The second kappa shape index (κ2) is 13.8. The van der Waals surface area contributed by atoms with Gasteiger partial charge in [-0.25, -0.2) is 8.42 Å². The molecule has 0 saturated heterocycles. The van der Waals surface area contributed by atoms with E-state index in [1.54, 1.807) is 49.4 Å². The van der Waals surface area contributed by atoms with Gasteiger partial charge in [0.05, 0.1) is 11.9 Å². The molecule has 0 fully saturated rings. The number of benzene rings is 3. The van der Waals surface area contributed by atoms with Crippen LogP contribution < -0.4 is 9.62 Å². The van der Waals surface area contributed by atoms with Crippen molar-refractivity contribution < 1.29 is 18.0 Å². The number of nitrogens with zero attached hydrogens (tertiary/aromatic N) is 2. The van der Waals surface area contributed by atoms with E-state index in [2.05, 4.69) is 5.32 Å². The lowest BCUT2D eigenvalue weighted by Gasteiger charge is -2.34. The van der Waals surface area contributed by atoms with E-state index in [1.165, 1.54) is 4.90 Å². The second-order valence-corrected chi connectivity index (χ2v) is 12.1. The van der Waals surface area contributed by atoms with Gasteiger partial charge in [-0.15, -0.1) is 0 Å². The summed E-state index contributed by atoms with van der Waals surface area (Å²) in [4.78, 5) is 29.0. The van der Waals surface area contributed by atoms with Crippen LogP contribution in [0.2, 0.25) is 10.0 Å². The Kier molecular flexibility index (Phi) is 10.8. The van der Waals surface area contributed by atoms with E-state index in [4.69, 9.17) is 23.2 Å². The van der Waals surface area contributed by atoms with Crippen LogP contribution in [0, 0.1) is 6.92 Å². The lowest BCUT2D eigenvalue weighted by Crippen LogP contribution is -2.53. The Labute approximate surface area is 240 Å². The third-order valence-corrected chi connectivity index (χ3v) is 7.95. The van der Waals surface area contributed by atoms with Crippen LogP contribution >= 0.6 is 23.2 Å². The first-order chi connectivity index (χ1) is 18.5. The summed E-state index contributed by atoms with van der Waals surface area (Å²) >= 11 is 12.6. The summed E-state index contributed by atoms with van der Waals surface area (Å²) in [6.07, 6.45) is 2.01. The van der Waals surface area contributed by atoms with Crippen molar-refractivity contribution in [3.05, 3.63) is 99.5 Å². The number of para-hydroxylation sites is 1. The molecule has 10 heteroatoms. The van der Waals surface area contributed by atoms with Gasteiger partial charge in [0.2, 0.25) is 21.8 Å². The number of anilines is 1. The zero-order chi connectivity index (χ0) is 28.6. The van der Waals surface area contributed by atoms with Crippen molar-refractivity contribution in [1.29, 1.82) is 0 Å². The van der Waals surface area contributed by atoms with Gasteiger partial charge in [-0.05, 0) is 48.2 Å². The minimum Gasteiger partial charge on any atom is -0.354 e. The predicted molar refractivity (Wildman–Crippen MR) is 158 cm³/mol.